The molecule has 0 spiro atoms. The quantitative estimate of drug-likeness (QED) is 0.590. The summed E-state index contributed by atoms with van der Waals surface area (Å²) in [4.78, 5) is 17.2. The summed E-state index contributed by atoms with van der Waals surface area (Å²) in [5.74, 6) is 0.716. The van der Waals surface area contributed by atoms with Gasteiger partial charge in [0.25, 0.3) is 15.9 Å². The van der Waals surface area contributed by atoms with Gasteiger partial charge in [-0.1, -0.05) is 12.1 Å². The van der Waals surface area contributed by atoms with Crippen molar-refractivity contribution in [3.05, 3.63) is 71.6 Å². The summed E-state index contributed by atoms with van der Waals surface area (Å²) < 4.78 is 33.0. The van der Waals surface area contributed by atoms with Crippen molar-refractivity contribution in [1.82, 2.24) is 4.90 Å². The molecule has 0 aliphatic carbocycles. The Labute approximate surface area is 192 Å². The van der Waals surface area contributed by atoms with Crippen LogP contribution in [0.1, 0.15) is 16.8 Å². The number of thiophene rings is 1. The van der Waals surface area contributed by atoms with Crippen LogP contribution in [0.25, 0.3) is 0 Å². The molecule has 4 rings (SSSR count). The number of carbonyl (C=O) groups is 1. The summed E-state index contributed by atoms with van der Waals surface area (Å²) in [7, 11) is -2.01. The molecule has 3 aromatic rings. The first-order chi connectivity index (χ1) is 15.5. The van der Waals surface area contributed by atoms with Crippen molar-refractivity contribution >= 4 is 38.6 Å². The highest BCUT2D eigenvalue weighted by atomic mass is 32.2. The number of benzene rings is 2. The highest BCUT2D eigenvalue weighted by molar-refractivity contribution is 7.94. The van der Waals surface area contributed by atoms with Crippen molar-refractivity contribution < 1.29 is 17.9 Å². The first kappa shape index (κ1) is 22.2. The predicted molar refractivity (Wildman–Crippen MR) is 127 cm³/mol. The second-order valence-electron chi connectivity index (χ2n) is 7.45. The molecule has 1 aromatic heterocycles. The molecular weight excluding hydrogens is 446 g/mol. The lowest BCUT2D eigenvalue weighted by molar-refractivity contribution is 0.0767. The standard InChI is InChI=1S/C23H25N3O4S2/c1-30-21-10-8-20(9-11-21)25-12-4-13-26(15-14-25)23(27)18-5-2-6-19(17-18)24-32(28,29)22-7-3-16-31-22/h2-3,5-11,16-17,24H,4,12-15H2,1H3. The number of sulfonamides is 1. The zero-order valence-electron chi connectivity index (χ0n) is 17.7. The Morgan fingerprint density at radius 1 is 1.00 bits per heavy atom. The van der Waals surface area contributed by atoms with E-state index in [1.807, 2.05) is 29.2 Å². The fourth-order valence-electron chi connectivity index (χ4n) is 3.69. The molecule has 0 unspecified atom stereocenters. The largest absolute Gasteiger partial charge is 0.497 e. The summed E-state index contributed by atoms with van der Waals surface area (Å²) >= 11 is 1.15. The number of methoxy groups -OCH3 is 1. The van der Waals surface area contributed by atoms with Gasteiger partial charge in [0, 0.05) is 43.1 Å². The molecule has 2 aromatic carbocycles. The number of nitrogens with one attached hydrogen (secondary N) is 1. The number of carbonyl (C=O) groups excluding carboxylic acids is 1. The van der Waals surface area contributed by atoms with Gasteiger partial charge in [-0.15, -0.1) is 11.3 Å². The third-order valence-corrected chi connectivity index (χ3v) is 8.12. The molecule has 0 saturated carbocycles. The summed E-state index contributed by atoms with van der Waals surface area (Å²) in [5, 5.41) is 1.71. The Balaban J connectivity index is 1.43. The van der Waals surface area contributed by atoms with E-state index in [9.17, 15) is 13.2 Å². The van der Waals surface area contributed by atoms with Crippen molar-refractivity contribution in [2.75, 3.05) is 42.9 Å². The van der Waals surface area contributed by atoms with Crippen LogP contribution >= 0.6 is 11.3 Å². The highest BCUT2D eigenvalue weighted by Gasteiger charge is 2.22. The van der Waals surface area contributed by atoms with E-state index in [1.54, 1.807) is 48.9 Å². The van der Waals surface area contributed by atoms with E-state index >= 15 is 0 Å². The van der Waals surface area contributed by atoms with Gasteiger partial charge in [0.05, 0.1) is 7.11 Å². The second-order valence-corrected chi connectivity index (χ2v) is 10.3. The summed E-state index contributed by atoms with van der Waals surface area (Å²) in [6, 6.07) is 17.8. The molecule has 9 heteroatoms. The fourth-order valence-corrected chi connectivity index (χ4v) is 5.73. The Morgan fingerprint density at radius 3 is 2.53 bits per heavy atom. The highest BCUT2D eigenvalue weighted by Crippen LogP contribution is 2.23. The van der Waals surface area contributed by atoms with Crippen LogP contribution in [0.5, 0.6) is 5.75 Å². The first-order valence-corrected chi connectivity index (χ1v) is 12.7. The molecule has 1 saturated heterocycles. The number of rotatable bonds is 6. The second kappa shape index (κ2) is 9.62. The van der Waals surface area contributed by atoms with E-state index in [0.29, 0.717) is 24.3 Å². The zero-order chi connectivity index (χ0) is 22.6. The van der Waals surface area contributed by atoms with Crippen LogP contribution in [0.15, 0.2) is 70.3 Å². The minimum Gasteiger partial charge on any atom is -0.497 e. The summed E-state index contributed by atoms with van der Waals surface area (Å²) in [6.45, 7) is 2.83. The maximum absolute atomic E-state index is 13.1. The molecule has 1 aliphatic rings. The average molecular weight is 472 g/mol. The van der Waals surface area contributed by atoms with Crippen molar-refractivity contribution in [3.8, 4) is 5.75 Å². The molecule has 1 amide bonds. The maximum atomic E-state index is 13.1. The van der Waals surface area contributed by atoms with E-state index in [2.05, 4.69) is 9.62 Å². The van der Waals surface area contributed by atoms with Crippen LogP contribution in [-0.4, -0.2) is 52.5 Å². The molecule has 1 fully saturated rings. The smallest absolute Gasteiger partial charge is 0.271 e. The molecular formula is C23H25N3O4S2. The lowest BCUT2D eigenvalue weighted by Crippen LogP contribution is -2.35. The normalized spacial score (nSPS) is 14.7. The third-order valence-electron chi connectivity index (χ3n) is 5.34. The van der Waals surface area contributed by atoms with E-state index < -0.39 is 10.0 Å². The van der Waals surface area contributed by atoms with Gasteiger partial charge >= 0.3 is 0 Å². The van der Waals surface area contributed by atoms with Gasteiger partial charge < -0.3 is 14.5 Å². The van der Waals surface area contributed by atoms with Crippen molar-refractivity contribution in [3.63, 3.8) is 0 Å². The van der Waals surface area contributed by atoms with Crippen molar-refractivity contribution in [1.29, 1.82) is 0 Å². The van der Waals surface area contributed by atoms with Gasteiger partial charge in [-0.25, -0.2) is 8.42 Å². The number of nitrogens with zero attached hydrogens (tertiary/aromatic N) is 2. The van der Waals surface area contributed by atoms with E-state index in [1.165, 1.54) is 0 Å². The van der Waals surface area contributed by atoms with Crippen molar-refractivity contribution in [2.24, 2.45) is 0 Å². The Kier molecular flexibility index (Phi) is 6.66. The van der Waals surface area contributed by atoms with E-state index in [0.717, 1.165) is 42.3 Å². The van der Waals surface area contributed by atoms with E-state index in [-0.39, 0.29) is 10.1 Å². The minimum atomic E-state index is -3.66. The summed E-state index contributed by atoms with van der Waals surface area (Å²) in [6.07, 6.45) is 0.850. The van der Waals surface area contributed by atoms with Crippen LogP contribution in [0.4, 0.5) is 11.4 Å². The van der Waals surface area contributed by atoms with E-state index in [4.69, 9.17) is 4.74 Å². The average Bonchev–Trinajstić information content (AvgIpc) is 3.25. The molecule has 2 heterocycles. The van der Waals surface area contributed by atoms with Gasteiger partial charge in [-0.2, -0.15) is 0 Å². The molecule has 1 N–H and O–H groups in total. The van der Waals surface area contributed by atoms with Crippen LogP contribution in [0.3, 0.4) is 0 Å². The first-order valence-electron chi connectivity index (χ1n) is 10.3. The van der Waals surface area contributed by atoms with Crippen molar-refractivity contribution in [2.45, 2.75) is 10.6 Å². The van der Waals surface area contributed by atoms with Crippen LogP contribution < -0.4 is 14.4 Å². The molecule has 7 nitrogen and oxygen atoms in total. The van der Waals surface area contributed by atoms with Gasteiger partial charge in [0.1, 0.15) is 9.96 Å². The molecule has 1 aliphatic heterocycles. The molecule has 0 bridgehead atoms. The van der Waals surface area contributed by atoms with Crippen LogP contribution in [-0.2, 0) is 10.0 Å². The molecule has 32 heavy (non-hydrogen) atoms. The Hall–Kier alpha value is -3.04. The van der Waals surface area contributed by atoms with Gasteiger partial charge in [0.2, 0.25) is 0 Å². The van der Waals surface area contributed by atoms with Crippen LogP contribution in [0.2, 0.25) is 0 Å². The minimum absolute atomic E-state index is 0.0984. The number of hydrogen-bond donors (Lipinski definition) is 1. The fraction of sp³-hybridized carbons (Fsp3) is 0.261. The monoisotopic (exact) mass is 471 g/mol. The predicted octanol–water partition coefficient (Wildman–Crippen LogP) is 3.91. The van der Waals surface area contributed by atoms with Gasteiger partial charge in [0.15, 0.2) is 0 Å². The number of anilines is 2. The third kappa shape index (κ3) is 5.05. The number of hydrogen-bond acceptors (Lipinski definition) is 6. The molecule has 0 radical (unpaired) electrons. The lowest BCUT2D eigenvalue weighted by Gasteiger charge is -2.24. The topological polar surface area (TPSA) is 79.0 Å². The number of ether oxygens (including phenoxy) is 1. The summed E-state index contributed by atoms with van der Waals surface area (Å²) in [5.41, 5.74) is 1.94. The van der Waals surface area contributed by atoms with Crippen LogP contribution in [0, 0.1) is 0 Å². The lowest BCUT2D eigenvalue weighted by atomic mass is 10.1. The SMILES string of the molecule is COc1ccc(N2CCCN(C(=O)c3cccc(NS(=O)(=O)c4cccs4)c3)CC2)cc1. The Morgan fingerprint density at radius 2 is 1.81 bits per heavy atom. The number of amides is 1. The molecule has 0 atom stereocenters. The van der Waals surface area contributed by atoms with Gasteiger partial charge in [-0.3, -0.25) is 9.52 Å². The zero-order valence-corrected chi connectivity index (χ0v) is 19.4. The molecule has 168 valence electrons. The maximum Gasteiger partial charge on any atom is 0.271 e. The van der Waals surface area contributed by atoms with Gasteiger partial charge in [-0.05, 0) is 60.3 Å². The Bertz CT molecular complexity index is 1160.